The number of carbonyl (C=O) groups is 1. The maximum Gasteiger partial charge on any atom is 0.270 e. The molecule has 1 heterocycles. The van der Waals surface area contributed by atoms with Gasteiger partial charge >= 0.3 is 0 Å². The van der Waals surface area contributed by atoms with Crippen molar-refractivity contribution in [3.8, 4) is 0 Å². The standard InChI is InChI=1S/C19H19ClN2O3/c1-13-8-10-21(11-9-13)18-7-6-14(22(24)25)12-16(18)19(23)15-4-2-3-5-17(15)20/h2-7,12-13H,8-11H2,1H3. The van der Waals surface area contributed by atoms with Crippen LogP contribution < -0.4 is 4.90 Å². The van der Waals surface area contributed by atoms with Crippen molar-refractivity contribution in [1.29, 1.82) is 0 Å². The number of rotatable bonds is 4. The highest BCUT2D eigenvalue weighted by molar-refractivity contribution is 6.35. The zero-order valence-corrected chi connectivity index (χ0v) is 14.7. The van der Waals surface area contributed by atoms with Gasteiger partial charge < -0.3 is 4.90 Å². The van der Waals surface area contributed by atoms with Gasteiger partial charge in [0.1, 0.15) is 0 Å². The van der Waals surface area contributed by atoms with Gasteiger partial charge in [0.05, 0.1) is 15.5 Å². The lowest BCUT2D eigenvalue weighted by atomic mass is 9.96. The number of anilines is 1. The SMILES string of the molecule is CC1CCN(c2ccc([N+](=O)[O-])cc2C(=O)c2ccccc2Cl)CC1. The molecule has 1 aliphatic rings. The lowest BCUT2D eigenvalue weighted by molar-refractivity contribution is -0.384. The summed E-state index contributed by atoms with van der Waals surface area (Å²) in [6.07, 6.45) is 2.08. The quantitative estimate of drug-likeness (QED) is 0.451. The van der Waals surface area contributed by atoms with Crippen LogP contribution in [0.15, 0.2) is 42.5 Å². The van der Waals surface area contributed by atoms with E-state index in [1.807, 2.05) is 0 Å². The Bertz CT molecular complexity index is 814. The summed E-state index contributed by atoms with van der Waals surface area (Å²) in [5.41, 5.74) is 1.33. The van der Waals surface area contributed by atoms with E-state index in [-0.39, 0.29) is 11.5 Å². The number of halogens is 1. The average molecular weight is 359 g/mol. The Morgan fingerprint density at radius 2 is 1.84 bits per heavy atom. The highest BCUT2D eigenvalue weighted by Gasteiger charge is 2.25. The van der Waals surface area contributed by atoms with Crippen molar-refractivity contribution >= 4 is 28.8 Å². The van der Waals surface area contributed by atoms with Gasteiger partial charge in [-0.15, -0.1) is 0 Å². The Hall–Kier alpha value is -2.40. The van der Waals surface area contributed by atoms with Gasteiger partial charge in [-0.05, 0) is 37.0 Å². The number of nitro benzene ring substituents is 1. The molecule has 0 saturated carbocycles. The molecule has 0 radical (unpaired) electrons. The molecule has 0 aromatic heterocycles. The molecule has 1 saturated heterocycles. The van der Waals surface area contributed by atoms with Gasteiger partial charge in [-0.3, -0.25) is 14.9 Å². The first kappa shape index (κ1) is 17.4. The Morgan fingerprint density at radius 1 is 1.16 bits per heavy atom. The van der Waals surface area contributed by atoms with E-state index in [0.717, 1.165) is 31.6 Å². The van der Waals surface area contributed by atoms with Crippen molar-refractivity contribution in [3.05, 3.63) is 68.7 Å². The van der Waals surface area contributed by atoms with Crippen LogP contribution in [0.4, 0.5) is 11.4 Å². The molecule has 6 heteroatoms. The van der Waals surface area contributed by atoms with Crippen LogP contribution in [0.5, 0.6) is 0 Å². The van der Waals surface area contributed by atoms with E-state index < -0.39 is 4.92 Å². The number of nitrogens with zero attached hydrogens (tertiary/aromatic N) is 2. The fourth-order valence-electron chi connectivity index (χ4n) is 3.14. The molecule has 5 nitrogen and oxygen atoms in total. The maximum absolute atomic E-state index is 13.0. The van der Waals surface area contributed by atoms with E-state index in [1.54, 1.807) is 30.3 Å². The number of benzene rings is 2. The average Bonchev–Trinajstić information content (AvgIpc) is 2.62. The van der Waals surface area contributed by atoms with Crippen molar-refractivity contribution in [3.63, 3.8) is 0 Å². The van der Waals surface area contributed by atoms with Crippen LogP contribution in [0, 0.1) is 16.0 Å². The van der Waals surface area contributed by atoms with Crippen molar-refractivity contribution < 1.29 is 9.72 Å². The summed E-state index contributed by atoms with van der Waals surface area (Å²) in [6, 6.07) is 11.3. The Morgan fingerprint density at radius 3 is 2.48 bits per heavy atom. The minimum Gasteiger partial charge on any atom is -0.371 e. The predicted octanol–water partition coefficient (Wildman–Crippen LogP) is 4.72. The molecule has 0 aliphatic carbocycles. The van der Waals surface area contributed by atoms with Crippen molar-refractivity contribution in [2.24, 2.45) is 5.92 Å². The second-order valence-electron chi connectivity index (χ2n) is 6.44. The summed E-state index contributed by atoms with van der Waals surface area (Å²) in [5, 5.41) is 11.5. The zero-order chi connectivity index (χ0) is 18.0. The minimum absolute atomic E-state index is 0.0930. The van der Waals surface area contributed by atoms with E-state index in [0.29, 0.717) is 22.1 Å². The first-order valence-corrected chi connectivity index (χ1v) is 8.68. The molecule has 130 valence electrons. The molecular formula is C19H19ClN2O3. The molecule has 0 N–H and O–H groups in total. The third kappa shape index (κ3) is 3.66. The number of hydrogen-bond donors (Lipinski definition) is 0. The number of carbonyl (C=O) groups excluding carboxylic acids is 1. The van der Waals surface area contributed by atoms with E-state index in [1.165, 1.54) is 12.1 Å². The Kier molecular flexibility index (Phi) is 5.04. The summed E-state index contributed by atoms with van der Waals surface area (Å²) in [5.74, 6) is 0.361. The smallest absolute Gasteiger partial charge is 0.270 e. The molecule has 1 aliphatic heterocycles. The summed E-state index contributed by atoms with van der Waals surface area (Å²) in [7, 11) is 0. The lowest BCUT2D eigenvalue weighted by Gasteiger charge is -2.33. The third-order valence-electron chi connectivity index (χ3n) is 4.68. The van der Waals surface area contributed by atoms with Gasteiger partial charge in [0.25, 0.3) is 5.69 Å². The number of ketones is 1. The van der Waals surface area contributed by atoms with Gasteiger partial charge in [0.2, 0.25) is 0 Å². The number of hydrogen-bond acceptors (Lipinski definition) is 4. The molecule has 0 bridgehead atoms. The van der Waals surface area contributed by atoms with Crippen LogP contribution in [-0.4, -0.2) is 23.8 Å². The Labute approximate surface area is 151 Å². The van der Waals surface area contributed by atoms with Gasteiger partial charge in [-0.2, -0.15) is 0 Å². The molecule has 2 aromatic rings. The van der Waals surface area contributed by atoms with E-state index in [4.69, 9.17) is 11.6 Å². The third-order valence-corrected chi connectivity index (χ3v) is 5.01. The lowest BCUT2D eigenvalue weighted by Crippen LogP contribution is -2.33. The second-order valence-corrected chi connectivity index (χ2v) is 6.84. The normalized spacial score (nSPS) is 15.2. The van der Waals surface area contributed by atoms with Gasteiger partial charge in [0, 0.05) is 36.5 Å². The summed E-state index contributed by atoms with van der Waals surface area (Å²) >= 11 is 6.16. The van der Waals surface area contributed by atoms with Crippen LogP contribution in [0.1, 0.15) is 35.7 Å². The van der Waals surface area contributed by atoms with Gasteiger partial charge in [-0.25, -0.2) is 0 Å². The van der Waals surface area contributed by atoms with Crippen LogP contribution in [0.25, 0.3) is 0 Å². The summed E-state index contributed by atoms with van der Waals surface area (Å²) < 4.78 is 0. The highest BCUT2D eigenvalue weighted by atomic mass is 35.5. The number of piperidine rings is 1. The predicted molar refractivity (Wildman–Crippen MR) is 98.6 cm³/mol. The molecule has 1 fully saturated rings. The molecule has 0 spiro atoms. The molecule has 25 heavy (non-hydrogen) atoms. The number of nitro groups is 1. The molecule has 3 rings (SSSR count). The first-order valence-electron chi connectivity index (χ1n) is 8.30. The van der Waals surface area contributed by atoms with Gasteiger partial charge in [-0.1, -0.05) is 30.7 Å². The fraction of sp³-hybridized carbons (Fsp3) is 0.316. The van der Waals surface area contributed by atoms with E-state index >= 15 is 0 Å². The van der Waals surface area contributed by atoms with Crippen LogP contribution in [0.2, 0.25) is 5.02 Å². The van der Waals surface area contributed by atoms with Crippen LogP contribution in [0.3, 0.4) is 0 Å². The molecule has 0 unspecified atom stereocenters. The van der Waals surface area contributed by atoms with E-state index in [2.05, 4.69) is 11.8 Å². The molecule has 0 atom stereocenters. The topological polar surface area (TPSA) is 63.4 Å². The molecular weight excluding hydrogens is 340 g/mol. The highest BCUT2D eigenvalue weighted by Crippen LogP contribution is 2.32. The molecule has 0 amide bonds. The van der Waals surface area contributed by atoms with Crippen molar-refractivity contribution in [2.75, 3.05) is 18.0 Å². The maximum atomic E-state index is 13.0. The minimum atomic E-state index is -0.481. The van der Waals surface area contributed by atoms with Crippen molar-refractivity contribution in [2.45, 2.75) is 19.8 Å². The zero-order valence-electron chi connectivity index (χ0n) is 13.9. The second kappa shape index (κ2) is 7.23. The van der Waals surface area contributed by atoms with Crippen LogP contribution in [-0.2, 0) is 0 Å². The number of non-ortho nitro benzene ring substituents is 1. The molecule has 2 aromatic carbocycles. The fourth-order valence-corrected chi connectivity index (χ4v) is 3.36. The largest absolute Gasteiger partial charge is 0.371 e. The van der Waals surface area contributed by atoms with Crippen LogP contribution >= 0.6 is 11.6 Å². The van der Waals surface area contributed by atoms with E-state index in [9.17, 15) is 14.9 Å². The summed E-state index contributed by atoms with van der Waals surface area (Å²) in [6.45, 7) is 3.88. The first-order chi connectivity index (χ1) is 12.0. The van der Waals surface area contributed by atoms with Gasteiger partial charge in [0.15, 0.2) is 5.78 Å². The van der Waals surface area contributed by atoms with Crippen molar-refractivity contribution in [1.82, 2.24) is 0 Å². The summed E-state index contributed by atoms with van der Waals surface area (Å²) in [4.78, 5) is 25.9. The monoisotopic (exact) mass is 358 g/mol. The Balaban J connectivity index is 2.05.